The van der Waals surface area contributed by atoms with Crippen molar-refractivity contribution in [2.24, 2.45) is 5.92 Å². The van der Waals surface area contributed by atoms with Crippen molar-refractivity contribution in [2.45, 2.75) is 45.1 Å². The van der Waals surface area contributed by atoms with Crippen LogP contribution in [0.1, 0.15) is 49.4 Å². The lowest BCUT2D eigenvalue weighted by molar-refractivity contribution is -0.141. The fourth-order valence-corrected chi connectivity index (χ4v) is 3.90. The van der Waals surface area contributed by atoms with E-state index in [0.717, 1.165) is 32.2 Å². The van der Waals surface area contributed by atoms with Gasteiger partial charge in [-0.1, -0.05) is 6.92 Å². The number of nitrogens with one attached hydrogen (secondary N) is 1. The second kappa shape index (κ2) is 8.97. The lowest BCUT2D eigenvalue weighted by Crippen LogP contribution is -2.51. The molecule has 0 aromatic carbocycles. The molecule has 2 aliphatic heterocycles. The van der Waals surface area contributed by atoms with Crippen LogP contribution in [-0.4, -0.2) is 64.7 Å². The topological polar surface area (TPSA) is 82.6 Å². The zero-order chi connectivity index (χ0) is 19.2. The molecule has 1 aromatic rings. The van der Waals surface area contributed by atoms with E-state index in [2.05, 4.69) is 10.3 Å². The fourth-order valence-electron chi connectivity index (χ4n) is 3.90. The van der Waals surface area contributed by atoms with Gasteiger partial charge in [0, 0.05) is 51.0 Å². The smallest absolute Gasteiger partial charge is 0.253 e. The maximum Gasteiger partial charge on any atom is 0.253 e. The molecule has 7 nitrogen and oxygen atoms in total. The van der Waals surface area contributed by atoms with Crippen LogP contribution in [0.25, 0.3) is 0 Å². The van der Waals surface area contributed by atoms with Crippen LogP contribution in [0.15, 0.2) is 24.5 Å². The van der Waals surface area contributed by atoms with Crippen molar-refractivity contribution in [3.63, 3.8) is 0 Å². The molecule has 1 N–H and O–H groups in total. The van der Waals surface area contributed by atoms with Crippen LogP contribution in [0, 0.1) is 5.92 Å². The van der Waals surface area contributed by atoms with Gasteiger partial charge >= 0.3 is 0 Å². The summed E-state index contributed by atoms with van der Waals surface area (Å²) in [5.74, 6) is 0.0784. The van der Waals surface area contributed by atoms with Crippen molar-refractivity contribution < 1.29 is 14.4 Å². The van der Waals surface area contributed by atoms with Gasteiger partial charge in [0.15, 0.2) is 0 Å². The van der Waals surface area contributed by atoms with Gasteiger partial charge in [0.2, 0.25) is 11.8 Å². The summed E-state index contributed by atoms with van der Waals surface area (Å²) in [5.41, 5.74) is 0.555. The summed E-state index contributed by atoms with van der Waals surface area (Å²) in [6, 6.07) is 3.56. The summed E-state index contributed by atoms with van der Waals surface area (Å²) in [5, 5.41) is 3.03. The van der Waals surface area contributed by atoms with Gasteiger partial charge in [0.25, 0.3) is 5.91 Å². The monoisotopic (exact) mass is 372 g/mol. The van der Waals surface area contributed by atoms with Crippen LogP contribution < -0.4 is 5.32 Å². The molecule has 3 rings (SSSR count). The van der Waals surface area contributed by atoms with Gasteiger partial charge < -0.3 is 15.1 Å². The zero-order valence-corrected chi connectivity index (χ0v) is 15.9. The van der Waals surface area contributed by atoms with E-state index in [4.69, 9.17) is 0 Å². The highest BCUT2D eigenvalue weighted by Gasteiger charge is 2.32. The van der Waals surface area contributed by atoms with E-state index in [1.54, 1.807) is 24.5 Å². The summed E-state index contributed by atoms with van der Waals surface area (Å²) in [6.45, 7) is 4.46. The summed E-state index contributed by atoms with van der Waals surface area (Å²) >= 11 is 0. The number of carbonyl (C=O) groups is 3. The van der Waals surface area contributed by atoms with Crippen LogP contribution in [-0.2, 0) is 9.59 Å². The van der Waals surface area contributed by atoms with Gasteiger partial charge in [-0.3, -0.25) is 19.4 Å². The molecule has 0 spiro atoms. The molecule has 0 radical (unpaired) electrons. The number of piperidine rings is 2. The highest BCUT2D eigenvalue weighted by molar-refractivity contribution is 5.94. The van der Waals surface area contributed by atoms with Gasteiger partial charge in [-0.15, -0.1) is 0 Å². The Bertz CT molecular complexity index is 671. The number of nitrogens with zero attached hydrogens (tertiary/aromatic N) is 3. The molecule has 3 amide bonds. The summed E-state index contributed by atoms with van der Waals surface area (Å²) in [4.78, 5) is 44.7. The zero-order valence-electron chi connectivity index (χ0n) is 15.9. The van der Waals surface area contributed by atoms with Crippen molar-refractivity contribution in [2.75, 3.05) is 26.2 Å². The maximum absolute atomic E-state index is 12.9. The molecule has 7 heteroatoms. The molecule has 0 aliphatic carbocycles. The van der Waals surface area contributed by atoms with Crippen LogP contribution in [0.4, 0.5) is 0 Å². The quantitative estimate of drug-likeness (QED) is 0.867. The third kappa shape index (κ3) is 4.84. The van der Waals surface area contributed by atoms with Gasteiger partial charge in [-0.25, -0.2) is 0 Å². The number of hydrogen-bond acceptors (Lipinski definition) is 4. The molecule has 3 heterocycles. The average Bonchev–Trinajstić information content (AvgIpc) is 2.74. The molecule has 2 fully saturated rings. The average molecular weight is 372 g/mol. The van der Waals surface area contributed by atoms with Crippen molar-refractivity contribution >= 4 is 17.7 Å². The van der Waals surface area contributed by atoms with Crippen molar-refractivity contribution in [3.8, 4) is 0 Å². The first-order chi connectivity index (χ1) is 13.1. The minimum atomic E-state index is -0.117. The normalized spacial score (nSPS) is 21.0. The van der Waals surface area contributed by atoms with Gasteiger partial charge in [-0.2, -0.15) is 0 Å². The summed E-state index contributed by atoms with van der Waals surface area (Å²) in [6.07, 6.45) is 6.93. The number of pyridine rings is 1. The first kappa shape index (κ1) is 19.3. The van der Waals surface area contributed by atoms with Crippen LogP contribution in [0.2, 0.25) is 0 Å². The van der Waals surface area contributed by atoms with Crippen LogP contribution in [0.5, 0.6) is 0 Å². The first-order valence-electron chi connectivity index (χ1n) is 9.86. The molecule has 2 saturated heterocycles. The van der Waals surface area contributed by atoms with E-state index in [-0.39, 0.29) is 29.7 Å². The Labute approximate surface area is 160 Å². The number of hydrogen-bond donors (Lipinski definition) is 1. The number of likely N-dealkylation sites (tertiary alicyclic amines) is 2. The Morgan fingerprint density at radius 3 is 2.59 bits per heavy atom. The highest BCUT2D eigenvalue weighted by Crippen LogP contribution is 2.22. The van der Waals surface area contributed by atoms with E-state index in [1.165, 1.54) is 0 Å². The molecule has 0 saturated carbocycles. The fraction of sp³-hybridized carbons (Fsp3) is 0.600. The van der Waals surface area contributed by atoms with E-state index in [0.29, 0.717) is 31.6 Å². The number of amides is 3. The minimum Gasteiger partial charge on any atom is -0.349 e. The second-order valence-electron chi connectivity index (χ2n) is 7.35. The molecular formula is C20H28N4O3. The standard InChI is InChI=1S/C20H28N4O3/c1-2-18(25)24-10-4-6-16(14-24)20(27)23-11-7-17(8-12-23)22-19(26)15-5-3-9-21-13-15/h3,5,9,13,16-17H,2,4,6-8,10-12,14H2,1H3,(H,22,26). The van der Waals surface area contributed by atoms with Crippen molar-refractivity contribution in [1.29, 1.82) is 0 Å². The van der Waals surface area contributed by atoms with E-state index in [9.17, 15) is 14.4 Å². The predicted molar refractivity (Wildman–Crippen MR) is 101 cm³/mol. The maximum atomic E-state index is 12.9. The molecule has 146 valence electrons. The van der Waals surface area contributed by atoms with E-state index >= 15 is 0 Å². The lowest BCUT2D eigenvalue weighted by atomic mass is 9.94. The van der Waals surface area contributed by atoms with Gasteiger partial charge in [0.05, 0.1) is 11.5 Å². The Hall–Kier alpha value is -2.44. The third-order valence-electron chi connectivity index (χ3n) is 5.49. The van der Waals surface area contributed by atoms with Gasteiger partial charge in [0.1, 0.15) is 0 Å². The van der Waals surface area contributed by atoms with Gasteiger partial charge in [-0.05, 0) is 37.8 Å². The SMILES string of the molecule is CCC(=O)N1CCCC(C(=O)N2CCC(NC(=O)c3cccnc3)CC2)C1. The first-order valence-corrected chi connectivity index (χ1v) is 9.86. The van der Waals surface area contributed by atoms with E-state index in [1.807, 2.05) is 16.7 Å². The molecular weight excluding hydrogens is 344 g/mol. The van der Waals surface area contributed by atoms with Crippen LogP contribution in [0.3, 0.4) is 0 Å². The lowest BCUT2D eigenvalue weighted by Gasteiger charge is -2.38. The van der Waals surface area contributed by atoms with Crippen molar-refractivity contribution in [3.05, 3.63) is 30.1 Å². The van der Waals surface area contributed by atoms with Crippen molar-refractivity contribution in [1.82, 2.24) is 20.1 Å². The number of rotatable bonds is 4. The molecule has 27 heavy (non-hydrogen) atoms. The molecule has 1 aromatic heterocycles. The Morgan fingerprint density at radius 1 is 1.15 bits per heavy atom. The number of carbonyl (C=O) groups excluding carboxylic acids is 3. The molecule has 1 unspecified atom stereocenters. The highest BCUT2D eigenvalue weighted by atomic mass is 16.2. The molecule has 1 atom stereocenters. The Balaban J connectivity index is 1.48. The Kier molecular flexibility index (Phi) is 6.42. The van der Waals surface area contributed by atoms with Crippen LogP contribution >= 0.6 is 0 Å². The largest absolute Gasteiger partial charge is 0.349 e. The Morgan fingerprint density at radius 2 is 1.93 bits per heavy atom. The predicted octanol–water partition coefficient (Wildman–Crippen LogP) is 1.45. The summed E-state index contributed by atoms with van der Waals surface area (Å²) in [7, 11) is 0. The second-order valence-corrected chi connectivity index (χ2v) is 7.35. The number of aromatic nitrogens is 1. The third-order valence-corrected chi connectivity index (χ3v) is 5.49. The molecule has 0 bridgehead atoms. The molecule has 2 aliphatic rings. The minimum absolute atomic E-state index is 0.0753. The summed E-state index contributed by atoms with van der Waals surface area (Å²) < 4.78 is 0. The van der Waals surface area contributed by atoms with E-state index < -0.39 is 0 Å².